The number of hydrogen-bond donors (Lipinski definition) is 2. The molecule has 29 heavy (non-hydrogen) atoms. The molecule has 2 heterocycles. The molecular weight excluding hydrogens is 479 g/mol. The normalized spacial score (nSPS) is 16.4. The van der Waals surface area contributed by atoms with Crippen LogP contribution in [0.5, 0.6) is 5.75 Å². The second-order valence-electron chi connectivity index (χ2n) is 7.13. The van der Waals surface area contributed by atoms with Gasteiger partial charge >= 0.3 is 0 Å². The summed E-state index contributed by atoms with van der Waals surface area (Å²) < 4.78 is 7.36. The molecule has 1 aliphatic rings. The van der Waals surface area contributed by atoms with Crippen molar-refractivity contribution >= 4 is 35.6 Å². The summed E-state index contributed by atoms with van der Waals surface area (Å²) in [5, 5.41) is 11.2. The Balaban J connectivity index is 0.00000300. The second-order valence-corrected chi connectivity index (χ2v) is 7.13. The van der Waals surface area contributed by atoms with Crippen LogP contribution in [0.4, 0.5) is 5.69 Å². The van der Waals surface area contributed by atoms with E-state index in [0.29, 0.717) is 6.04 Å². The molecule has 0 radical (unpaired) electrons. The number of aromatic nitrogens is 2. The van der Waals surface area contributed by atoms with Gasteiger partial charge in [-0.3, -0.25) is 9.67 Å². The van der Waals surface area contributed by atoms with Crippen LogP contribution in [0, 0.1) is 0 Å². The highest BCUT2D eigenvalue weighted by atomic mass is 127. The molecule has 0 aliphatic carbocycles. The van der Waals surface area contributed by atoms with Crippen LogP contribution in [-0.2, 0) is 13.5 Å². The van der Waals surface area contributed by atoms with Crippen LogP contribution >= 0.6 is 24.0 Å². The Morgan fingerprint density at radius 2 is 2.17 bits per heavy atom. The number of methoxy groups -OCH3 is 1. The van der Waals surface area contributed by atoms with Gasteiger partial charge in [0.1, 0.15) is 5.75 Å². The van der Waals surface area contributed by atoms with Gasteiger partial charge in [-0.15, -0.1) is 24.0 Å². The fraction of sp³-hybridized carbons (Fsp3) is 0.524. The zero-order valence-corrected chi connectivity index (χ0v) is 19.9. The van der Waals surface area contributed by atoms with Gasteiger partial charge in [-0.2, -0.15) is 5.10 Å². The predicted octanol–water partition coefficient (Wildman–Crippen LogP) is 2.81. The molecule has 0 amide bonds. The summed E-state index contributed by atoms with van der Waals surface area (Å²) in [6.07, 6.45) is 7.09. The van der Waals surface area contributed by atoms with Gasteiger partial charge in [0.2, 0.25) is 0 Å². The van der Waals surface area contributed by atoms with E-state index in [-0.39, 0.29) is 24.0 Å². The molecule has 1 atom stereocenters. The van der Waals surface area contributed by atoms with E-state index in [9.17, 15) is 0 Å². The standard InChI is InChI=1S/C21H32N6O.HI/c1-4-22-21(23-12-7-8-17-14-24-26(2)15-17)25-18-11-13-27(16-18)19-9-5-6-10-20(19)28-3;/h5-6,9-10,14-15,18H,4,7-8,11-13,16H2,1-3H3,(H2,22,23,25);1H. The molecule has 0 bridgehead atoms. The molecule has 1 fully saturated rings. The fourth-order valence-corrected chi connectivity index (χ4v) is 3.58. The van der Waals surface area contributed by atoms with Gasteiger partial charge in [0.25, 0.3) is 0 Å². The third-order valence-corrected chi connectivity index (χ3v) is 4.95. The number of anilines is 1. The summed E-state index contributed by atoms with van der Waals surface area (Å²) in [5.41, 5.74) is 2.42. The first kappa shape index (κ1) is 23.3. The molecule has 1 aliphatic heterocycles. The quantitative estimate of drug-likeness (QED) is 0.247. The third-order valence-electron chi connectivity index (χ3n) is 4.95. The van der Waals surface area contributed by atoms with E-state index in [0.717, 1.165) is 62.8 Å². The lowest BCUT2D eigenvalue weighted by Gasteiger charge is -2.22. The van der Waals surface area contributed by atoms with Crippen molar-refractivity contribution in [2.45, 2.75) is 32.2 Å². The van der Waals surface area contributed by atoms with Crippen molar-refractivity contribution < 1.29 is 4.74 Å². The van der Waals surface area contributed by atoms with Crippen LogP contribution in [0.25, 0.3) is 0 Å². The SMILES string of the molecule is CCNC(=NCCCc1cnn(C)c1)NC1CCN(c2ccccc2OC)C1.I. The van der Waals surface area contributed by atoms with Crippen molar-refractivity contribution in [3.8, 4) is 5.75 Å². The van der Waals surface area contributed by atoms with Gasteiger partial charge in [0.05, 0.1) is 19.0 Å². The van der Waals surface area contributed by atoms with Crippen LogP contribution in [0.15, 0.2) is 41.7 Å². The number of para-hydroxylation sites is 2. The number of rotatable bonds is 8. The molecule has 0 spiro atoms. The summed E-state index contributed by atoms with van der Waals surface area (Å²) in [7, 11) is 3.68. The van der Waals surface area contributed by atoms with Crippen molar-refractivity contribution in [3.05, 3.63) is 42.2 Å². The maximum atomic E-state index is 5.51. The molecular formula is C21H33IN6O. The molecule has 7 nitrogen and oxygen atoms in total. The smallest absolute Gasteiger partial charge is 0.191 e. The molecule has 2 aromatic rings. The average molecular weight is 512 g/mol. The monoisotopic (exact) mass is 512 g/mol. The van der Waals surface area contributed by atoms with Crippen molar-refractivity contribution in [1.82, 2.24) is 20.4 Å². The number of hydrogen-bond acceptors (Lipinski definition) is 4. The van der Waals surface area contributed by atoms with Gasteiger partial charge in [0.15, 0.2) is 5.96 Å². The summed E-state index contributed by atoms with van der Waals surface area (Å²) in [5.74, 6) is 1.83. The molecule has 1 saturated heterocycles. The van der Waals surface area contributed by atoms with E-state index in [1.807, 2.05) is 30.1 Å². The Bertz CT molecular complexity index is 778. The minimum Gasteiger partial charge on any atom is -0.495 e. The predicted molar refractivity (Wildman–Crippen MR) is 130 cm³/mol. The number of nitrogens with one attached hydrogen (secondary N) is 2. The summed E-state index contributed by atoms with van der Waals surface area (Å²) >= 11 is 0. The van der Waals surface area contributed by atoms with Crippen LogP contribution in [0.3, 0.4) is 0 Å². The second kappa shape index (κ2) is 11.9. The number of halogens is 1. The van der Waals surface area contributed by atoms with Crippen molar-refractivity contribution in [1.29, 1.82) is 0 Å². The molecule has 3 rings (SSSR count). The van der Waals surface area contributed by atoms with E-state index >= 15 is 0 Å². The first-order chi connectivity index (χ1) is 13.7. The number of aryl methyl sites for hydroxylation is 2. The van der Waals surface area contributed by atoms with Gasteiger partial charge in [-0.05, 0) is 43.9 Å². The molecule has 1 unspecified atom stereocenters. The van der Waals surface area contributed by atoms with E-state index in [1.165, 1.54) is 5.56 Å². The molecule has 160 valence electrons. The Morgan fingerprint density at radius 3 is 2.90 bits per heavy atom. The van der Waals surface area contributed by atoms with Crippen LogP contribution < -0.4 is 20.3 Å². The lowest BCUT2D eigenvalue weighted by atomic mass is 10.2. The number of guanidine groups is 1. The highest BCUT2D eigenvalue weighted by molar-refractivity contribution is 14.0. The average Bonchev–Trinajstić information content (AvgIpc) is 3.34. The summed E-state index contributed by atoms with van der Waals surface area (Å²) in [4.78, 5) is 7.13. The van der Waals surface area contributed by atoms with E-state index < -0.39 is 0 Å². The number of aliphatic imine (C=N–C) groups is 1. The Morgan fingerprint density at radius 1 is 1.34 bits per heavy atom. The van der Waals surface area contributed by atoms with Crippen LogP contribution in [0.2, 0.25) is 0 Å². The minimum atomic E-state index is 0. The number of benzene rings is 1. The molecule has 2 N–H and O–H groups in total. The largest absolute Gasteiger partial charge is 0.495 e. The minimum absolute atomic E-state index is 0. The van der Waals surface area contributed by atoms with Gasteiger partial charge < -0.3 is 20.3 Å². The zero-order valence-electron chi connectivity index (χ0n) is 17.6. The topological polar surface area (TPSA) is 66.7 Å². The first-order valence-electron chi connectivity index (χ1n) is 10.1. The van der Waals surface area contributed by atoms with E-state index in [4.69, 9.17) is 9.73 Å². The lowest BCUT2D eigenvalue weighted by molar-refractivity contribution is 0.415. The van der Waals surface area contributed by atoms with E-state index in [2.05, 4.69) is 45.9 Å². The maximum Gasteiger partial charge on any atom is 0.191 e. The zero-order chi connectivity index (χ0) is 19.8. The van der Waals surface area contributed by atoms with Crippen LogP contribution in [0.1, 0.15) is 25.3 Å². The first-order valence-corrected chi connectivity index (χ1v) is 10.1. The third kappa shape index (κ3) is 6.80. The fourth-order valence-electron chi connectivity index (χ4n) is 3.58. The highest BCUT2D eigenvalue weighted by Gasteiger charge is 2.25. The van der Waals surface area contributed by atoms with Crippen molar-refractivity contribution in [2.24, 2.45) is 12.0 Å². The van der Waals surface area contributed by atoms with Gasteiger partial charge in [0, 0.05) is 45.5 Å². The molecule has 1 aromatic heterocycles. The summed E-state index contributed by atoms with van der Waals surface area (Å²) in [6.45, 7) is 5.71. The molecule has 0 saturated carbocycles. The summed E-state index contributed by atoms with van der Waals surface area (Å²) in [6, 6.07) is 8.59. The van der Waals surface area contributed by atoms with E-state index in [1.54, 1.807) is 7.11 Å². The maximum absolute atomic E-state index is 5.51. The van der Waals surface area contributed by atoms with Gasteiger partial charge in [-0.1, -0.05) is 12.1 Å². The van der Waals surface area contributed by atoms with Crippen LogP contribution in [-0.4, -0.2) is 55.1 Å². The Kier molecular flexibility index (Phi) is 9.56. The molecule has 1 aromatic carbocycles. The Hall–Kier alpha value is -1.97. The van der Waals surface area contributed by atoms with Gasteiger partial charge in [-0.25, -0.2) is 0 Å². The number of ether oxygens (including phenoxy) is 1. The molecule has 8 heteroatoms. The lowest BCUT2D eigenvalue weighted by Crippen LogP contribution is -2.44. The van der Waals surface area contributed by atoms with Crippen molar-refractivity contribution in [2.75, 3.05) is 38.2 Å². The van der Waals surface area contributed by atoms with Crippen molar-refractivity contribution in [3.63, 3.8) is 0 Å². The number of nitrogens with zero attached hydrogens (tertiary/aromatic N) is 4. The highest BCUT2D eigenvalue weighted by Crippen LogP contribution is 2.30. The Labute approximate surface area is 190 Å².